The third kappa shape index (κ3) is 3.43. The molecule has 0 saturated heterocycles. The van der Waals surface area contributed by atoms with Crippen molar-refractivity contribution >= 4 is 23.2 Å². The van der Waals surface area contributed by atoms with Crippen molar-refractivity contribution in [2.75, 3.05) is 0 Å². The van der Waals surface area contributed by atoms with E-state index in [1.807, 2.05) is 13.8 Å². The third-order valence-corrected chi connectivity index (χ3v) is 3.95. The number of hydrogen-bond acceptors (Lipinski definition) is 3. The number of aliphatic carboxylic acids is 1. The van der Waals surface area contributed by atoms with Crippen molar-refractivity contribution in [1.29, 1.82) is 0 Å². The summed E-state index contributed by atoms with van der Waals surface area (Å²) in [6, 6.07) is 0.883. The average Bonchev–Trinajstić information content (AvgIpc) is 2.69. The van der Waals surface area contributed by atoms with Crippen molar-refractivity contribution in [3.63, 3.8) is 0 Å². The molecule has 2 N–H and O–H groups in total. The van der Waals surface area contributed by atoms with Crippen LogP contribution in [-0.2, 0) is 11.2 Å². The zero-order valence-electron chi connectivity index (χ0n) is 10.5. The van der Waals surface area contributed by atoms with Gasteiger partial charge in [0, 0.05) is 4.88 Å². The molecule has 1 heterocycles. The Bertz CT molecular complexity index is 465. The second-order valence-electron chi connectivity index (χ2n) is 3.96. The Kier molecular flexibility index (Phi) is 5.09. The molecule has 98 valence electrons. The first-order valence-electron chi connectivity index (χ1n) is 5.73. The van der Waals surface area contributed by atoms with Crippen molar-refractivity contribution in [3.8, 4) is 0 Å². The molecule has 0 aliphatic heterocycles. The van der Waals surface area contributed by atoms with Gasteiger partial charge in [-0.1, -0.05) is 13.0 Å². The summed E-state index contributed by atoms with van der Waals surface area (Å²) < 4.78 is 0. The molecular weight excluding hydrogens is 250 g/mol. The number of hydrogen-bond donors (Lipinski definition) is 2. The van der Waals surface area contributed by atoms with E-state index in [4.69, 9.17) is 5.11 Å². The Hall–Kier alpha value is -1.62. The molecule has 5 heteroatoms. The molecule has 0 saturated carbocycles. The third-order valence-electron chi connectivity index (χ3n) is 2.57. The molecular formula is C13H17NO3S. The molecule has 1 aromatic heterocycles. The first-order valence-corrected chi connectivity index (χ1v) is 6.55. The highest BCUT2D eigenvalue weighted by Gasteiger charge is 2.20. The van der Waals surface area contributed by atoms with Crippen LogP contribution in [-0.4, -0.2) is 23.0 Å². The van der Waals surface area contributed by atoms with E-state index >= 15 is 0 Å². The number of carbonyl (C=O) groups is 2. The van der Waals surface area contributed by atoms with E-state index in [-0.39, 0.29) is 12.3 Å². The fourth-order valence-corrected chi connectivity index (χ4v) is 2.62. The number of carbonyl (C=O) groups excluding carboxylic acids is 1. The molecule has 0 radical (unpaired) electrons. The van der Waals surface area contributed by atoms with Gasteiger partial charge in [0.05, 0.1) is 4.88 Å². The van der Waals surface area contributed by atoms with Gasteiger partial charge in [0.2, 0.25) is 0 Å². The molecule has 0 fully saturated rings. The lowest BCUT2D eigenvalue weighted by atomic mass is 10.2. The number of carboxylic acids is 1. The van der Waals surface area contributed by atoms with Gasteiger partial charge >= 0.3 is 5.97 Å². The molecule has 1 rings (SSSR count). The highest BCUT2D eigenvalue weighted by atomic mass is 32.1. The number of thiophene rings is 1. The molecule has 1 atom stereocenters. The molecule has 1 unspecified atom stereocenters. The van der Waals surface area contributed by atoms with E-state index in [9.17, 15) is 9.59 Å². The van der Waals surface area contributed by atoms with Crippen molar-refractivity contribution in [2.24, 2.45) is 0 Å². The number of aryl methyl sites for hydroxylation is 2. The molecule has 0 aromatic carbocycles. The highest BCUT2D eigenvalue weighted by molar-refractivity contribution is 7.14. The summed E-state index contributed by atoms with van der Waals surface area (Å²) in [6.07, 6.45) is 2.57. The minimum atomic E-state index is -1.05. The second kappa shape index (κ2) is 6.35. The maximum absolute atomic E-state index is 11.9. The van der Waals surface area contributed by atoms with Gasteiger partial charge in [-0.3, -0.25) is 4.79 Å². The van der Waals surface area contributed by atoms with Crippen LogP contribution in [0.2, 0.25) is 0 Å². The van der Waals surface area contributed by atoms with Crippen LogP contribution in [0.1, 0.15) is 33.5 Å². The molecule has 1 aromatic rings. The van der Waals surface area contributed by atoms with E-state index in [1.54, 1.807) is 6.07 Å². The summed E-state index contributed by atoms with van der Waals surface area (Å²) in [7, 11) is 0. The summed E-state index contributed by atoms with van der Waals surface area (Å²) in [4.78, 5) is 24.5. The highest BCUT2D eigenvalue weighted by Crippen LogP contribution is 2.22. The first-order chi connectivity index (χ1) is 8.49. The van der Waals surface area contributed by atoms with Crippen LogP contribution in [0, 0.1) is 6.92 Å². The van der Waals surface area contributed by atoms with E-state index in [2.05, 4.69) is 11.9 Å². The Balaban J connectivity index is 2.80. The van der Waals surface area contributed by atoms with Crippen LogP contribution >= 0.6 is 11.3 Å². The summed E-state index contributed by atoms with van der Waals surface area (Å²) >= 11 is 1.41. The standard InChI is InChI=1S/C13H17NO3S/c1-4-6-9(13(16)17)14-12(15)11-7-8(3)10(5-2)18-11/h4,7,9H,1,5-6H2,2-3H3,(H,14,15)(H,16,17). The van der Waals surface area contributed by atoms with Gasteiger partial charge in [0.15, 0.2) is 0 Å². The molecule has 4 nitrogen and oxygen atoms in total. The van der Waals surface area contributed by atoms with Gasteiger partial charge in [-0.05, 0) is 31.4 Å². The number of nitrogens with one attached hydrogen (secondary N) is 1. The topological polar surface area (TPSA) is 66.4 Å². The Morgan fingerprint density at radius 3 is 2.72 bits per heavy atom. The molecule has 1 amide bonds. The zero-order chi connectivity index (χ0) is 13.7. The maximum atomic E-state index is 11.9. The summed E-state index contributed by atoms with van der Waals surface area (Å²) in [5.74, 6) is -1.38. The smallest absolute Gasteiger partial charge is 0.326 e. The molecule has 0 aliphatic rings. The van der Waals surface area contributed by atoms with Crippen LogP contribution in [0.25, 0.3) is 0 Å². The van der Waals surface area contributed by atoms with Gasteiger partial charge in [-0.2, -0.15) is 0 Å². The summed E-state index contributed by atoms with van der Waals surface area (Å²) in [6.45, 7) is 7.46. The van der Waals surface area contributed by atoms with Crippen LogP contribution in [0.5, 0.6) is 0 Å². The number of amides is 1. The van der Waals surface area contributed by atoms with E-state index in [0.717, 1.165) is 16.9 Å². The summed E-state index contributed by atoms with van der Waals surface area (Å²) in [5.41, 5.74) is 1.07. The Morgan fingerprint density at radius 1 is 1.61 bits per heavy atom. The predicted octanol–water partition coefficient (Wildman–Crippen LogP) is 2.38. The minimum absolute atomic E-state index is 0.214. The monoisotopic (exact) mass is 267 g/mol. The number of rotatable bonds is 6. The van der Waals surface area contributed by atoms with Gasteiger partial charge in [-0.25, -0.2) is 4.79 Å². The van der Waals surface area contributed by atoms with Gasteiger partial charge in [0.25, 0.3) is 5.91 Å². The van der Waals surface area contributed by atoms with Gasteiger partial charge in [-0.15, -0.1) is 17.9 Å². The maximum Gasteiger partial charge on any atom is 0.326 e. The molecule has 0 spiro atoms. The zero-order valence-corrected chi connectivity index (χ0v) is 11.3. The van der Waals surface area contributed by atoms with Crippen molar-refractivity contribution in [1.82, 2.24) is 5.32 Å². The SMILES string of the molecule is C=CCC(NC(=O)c1cc(C)c(CC)s1)C(=O)O. The molecule has 0 aliphatic carbocycles. The quantitative estimate of drug-likeness (QED) is 0.778. The van der Waals surface area contributed by atoms with Gasteiger partial charge in [0.1, 0.15) is 6.04 Å². The lowest BCUT2D eigenvalue weighted by Crippen LogP contribution is -2.40. The van der Waals surface area contributed by atoms with Crippen LogP contribution in [0.4, 0.5) is 0 Å². The normalized spacial score (nSPS) is 11.9. The fraction of sp³-hybridized carbons (Fsp3) is 0.385. The van der Waals surface area contributed by atoms with Crippen molar-refractivity contribution in [2.45, 2.75) is 32.7 Å². The van der Waals surface area contributed by atoms with E-state index < -0.39 is 12.0 Å². The second-order valence-corrected chi connectivity index (χ2v) is 5.10. The Labute approximate surface area is 110 Å². The van der Waals surface area contributed by atoms with Crippen molar-refractivity contribution < 1.29 is 14.7 Å². The van der Waals surface area contributed by atoms with E-state index in [0.29, 0.717) is 4.88 Å². The predicted molar refractivity (Wildman–Crippen MR) is 72.1 cm³/mol. The molecule has 18 heavy (non-hydrogen) atoms. The van der Waals surface area contributed by atoms with Crippen LogP contribution < -0.4 is 5.32 Å². The first kappa shape index (κ1) is 14.4. The average molecular weight is 267 g/mol. The Morgan fingerprint density at radius 2 is 2.28 bits per heavy atom. The fourth-order valence-electron chi connectivity index (χ4n) is 1.60. The lowest BCUT2D eigenvalue weighted by Gasteiger charge is -2.11. The number of carboxylic acid groups (broad SMARTS) is 1. The van der Waals surface area contributed by atoms with E-state index in [1.165, 1.54) is 17.4 Å². The summed E-state index contributed by atoms with van der Waals surface area (Å²) in [5, 5.41) is 11.4. The molecule has 0 bridgehead atoms. The van der Waals surface area contributed by atoms with Crippen LogP contribution in [0.15, 0.2) is 18.7 Å². The lowest BCUT2D eigenvalue weighted by molar-refractivity contribution is -0.139. The minimum Gasteiger partial charge on any atom is -0.480 e. The van der Waals surface area contributed by atoms with Gasteiger partial charge < -0.3 is 10.4 Å². The van der Waals surface area contributed by atoms with Crippen molar-refractivity contribution in [3.05, 3.63) is 34.0 Å². The largest absolute Gasteiger partial charge is 0.480 e. The van der Waals surface area contributed by atoms with Crippen LogP contribution in [0.3, 0.4) is 0 Å².